The lowest BCUT2D eigenvalue weighted by molar-refractivity contribution is -0.163. The fourth-order valence-electron chi connectivity index (χ4n) is 5.45. The smallest absolute Gasteiger partial charge is 0.422 e. The Labute approximate surface area is 244 Å². The number of aryl methyl sites for hydroxylation is 1. The van der Waals surface area contributed by atoms with Crippen molar-refractivity contribution in [3.63, 3.8) is 0 Å². The minimum Gasteiger partial charge on any atom is -0.487 e. The van der Waals surface area contributed by atoms with E-state index in [0.717, 1.165) is 55.4 Å². The predicted molar refractivity (Wildman–Crippen MR) is 155 cm³/mol. The number of carbonyl (C=O) groups excluding carboxylic acids is 2. The summed E-state index contributed by atoms with van der Waals surface area (Å²) in [6.07, 6.45) is 8.33. The number of carbonyl (C=O) groups is 2. The molecule has 1 aromatic rings. The van der Waals surface area contributed by atoms with Crippen molar-refractivity contribution in [3.05, 3.63) is 34.9 Å². The van der Waals surface area contributed by atoms with E-state index in [1.54, 1.807) is 7.11 Å². The van der Waals surface area contributed by atoms with E-state index in [4.69, 9.17) is 33.2 Å². The monoisotopic (exact) mass is 576 g/mol. The molecule has 0 fully saturated rings. The van der Waals surface area contributed by atoms with Crippen molar-refractivity contribution in [2.45, 2.75) is 77.7 Å². The predicted octanol–water partition coefficient (Wildman–Crippen LogP) is 5.18. The van der Waals surface area contributed by atoms with Crippen LogP contribution in [-0.2, 0) is 39.7 Å². The summed E-state index contributed by atoms with van der Waals surface area (Å²) in [5.74, 6) is -0.715. The first-order chi connectivity index (χ1) is 19.8. The first-order valence-electron chi connectivity index (χ1n) is 14.9. The Morgan fingerprint density at radius 1 is 0.927 bits per heavy atom. The second-order valence-electron chi connectivity index (χ2n) is 11.2. The number of rotatable bonds is 17. The topological polar surface area (TPSA) is 98.8 Å². The van der Waals surface area contributed by atoms with Crippen molar-refractivity contribution in [3.8, 4) is 11.5 Å². The molecule has 0 bridgehead atoms. The van der Waals surface area contributed by atoms with E-state index in [0.29, 0.717) is 45.4 Å². The van der Waals surface area contributed by atoms with E-state index < -0.39 is 11.9 Å². The van der Waals surface area contributed by atoms with Crippen molar-refractivity contribution in [2.24, 2.45) is 5.92 Å². The van der Waals surface area contributed by atoms with Gasteiger partial charge in [0.05, 0.1) is 46.2 Å². The number of esters is 2. The second-order valence-corrected chi connectivity index (χ2v) is 11.2. The van der Waals surface area contributed by atoms with Crippen LogP contribution in [0.25, 0.3) is 0 Å². The van der Waals surface area contributed by atoms with Crippen LogP contribution in [0, 0.1) is 5.92 Å². The zero-order chi connectivity index (χ0) is 29.7. The van der Waals surface area contributed by atoms with E-state index in [1.807, 2.05) is 6.07 Å². The van der Waals surface area contributed by atoms with Crippen molar-refractivity contribution in [1.82, 2.24) is 0 Å². The SMILES string of the molecule is CCCCCc1cc(OC(=O)C(=O)OCCOCCOCCOCCOC)c2c(c1)OC(C)(C)C1CCC(C)=CC21. The van der Waals surface area contributed by atoms with Gasteiger partial charge in [-0.3, -0.25) is 0 Å². The number of hydrogen-bond acceptors (Lipinski definition) is 9. The summed E-state index contributed by atoms with van der Waals surface area (Å²) < 4.78 is 38.4. The number of ether oxygens (including phenoxy) is 7. The van der Waals surface area contributed by atoms with Gasteiger partial charge in [0.2, 0.25) is 0 Å². The second kappa shape index (κ2) is 16.9. The summed E-state index contributed by atoms with van der Waals surface area (Å²) >= 11 is 0. The van der Waals surface area contributed by atoms with Gasteiger partial charge in [0.1, 0.15) is 23.7 Å². The van der Waals surface area contributed by atoms with Crippen LogP contribution in [0.15, 0.2) is 23.8 Å². The average molecular weight is 577 g/mol. The summed E-state index contributed by atoms with van der Waals surface area (Å²) in [6.45, 7) is 11.4. The lowest BCUT2D eigenvalue weighted by Crippen LogP contribution is -2.45. The fraction of sp³-hybridized carbons (Fsp3) is 0.688. The molecule has 0 saturated heterocycles. The van der Waals surface area contributed by atoms with Crippen LogP contribution >= 0.6 is 0 Å². The zero-order valence-corrected chi connectivity index (χ0v) is 25.5. The van der Waals surface area contributed by atoms with Crippen LogP contribution in [0.2, 0.25) is 0 Å². The van der Waals surface area contributed by atoms with Gasteiger partial charge in [-0.1, -0.05) is 31.4 Å². The minimum atomic E-state index is -1.05. The number of methoxy groups -OCH3 is 1. The molecule has 41 heavy (non-hydrogen) atoms. The standard InChI is InChI=1S/C32H48O9/c1-6-7-8-9-24-21-27(29-25-20-23(2)10-11-26(25)32(3,4)41-28(29)22-24)40-31(34)30(33)39-19-18-38-17-16-37-15-14-36-13-12-35-5/h20-22,25-26H,6-19H2,1-5H3. The number of benzene rings is 1. The minimum absolute atomic E-state index is 0.0403. The molecular formula is C32H48O9. The van der Waals surface area contributed by atoms with Gasteiger partial charge in [0.25, 0.3) is 0 Å². The molecule has 3 rings (SSSR count). The van der Waals surface area contributed by atoms with E-state index >= 15 is 0 Å². The maximum Gasteiger partial charge on any atom is 0.422 e. The molecule has 1 aromatic carbocycles. The number of fused-ring (bicyclic) bond motifs is 3. The van der Waals surface area contributed by atoms with Gasteiger partial charge >= 0.3 is 11.9 Å². The lowest BCUT2D eigenvalue weighted by atomic mass is 9.68. The average Bonchev–Trinajstić information content (AvgIpc) is 2.93. The Hall–Kier alpha value is -2.46. The van der Waals surface area contributed by atoms with Crippen LogP contribution in [0.1, 0.15) is 76.8 Å². The molecule has 2 aliphatic rings. The van der Waals surface area contributed by atoms with Crippen LogP contribution in [0.3, 0.4) is 0 Å². The van der Waals surface area contributed by atoms with Crippen molar-refractivity contribution < 1.29 is 42.7 Å². The summed E-state index contributed by atoms with van der Waals surface area (Å²) in [5.41, 5.74) is 2.80. The summed E-state index contributed by atoms with van der Waals surface area (Å²) in [7, 11) is 1.62. The van der Waals surface area contributed by atoms with Crippen LogP contribution < -0.4 is 9.47 Å². The highest BCUT2D eigenvalue weighted by molar-refractivity contribution is 6.30. The molecule has 2 unspecified atom stereocenters. The van der Waals surface area contributed by atoms with Gasteiger partial charge in [-0.15, -0.1) is 0 Å². The molecule has 0 amide bonds. The van der Waals surface area contributed by atoms with Crippen molar-refractivity contribution in [2.75, 3.05) is 60.0 Å². The van der Waals surface area contributed by atoms with Gasteiger partial charge in [0.15, 0.2) is 0 Å². The largest absolute Gasteiger partial charge is 0.487 e. The molecule has 9 heteroatoms. The van der Waals surface area contributed by atoms with Gasteiger partial charge < -0.3 is 33.2 Å². The van der Waals surface area contributed by atoms with Gasteiger partial charge in [-0.2, -0.15) is 0 Å². The third kappa shape index (κ3) is 10.1. The zero-order valence-electron chi connectivity index (χ0n) is 25.5. The van der Waals surface area contributed by atoms with Crippen LogP contribution in [-0.4, -0.2) is 77.5 Å². The third-order valence-corrected chi connectivity index (χ3v) is 7.59. The summed E-state index contributed by atoms with van der Waals surface area (Å²) in [4.78, 5) is 25.3. The summed E-state index contributed by atoms with van der Waals surface area (Å²) in [5, 5.41) is 0. The highest BCUT2D eigenvalue weighted by Gasteiger charge is 2.45. The molecule has 9 nitrogen and oxygen atoms in total. The maximum absolute atomic E-state index is 12.8. The molecule has 1 aliphatic heterocycles. The Bertz CT molecular complexity index is 1020. The molecule has 0 spiro atoms. The van der Waals surface area contributed by atoms with Crippen LogP contribution in [0.4, 0.5) is 0 Å². The van der Waals surface area contributed by atoms with Crippen molar-refractivity contribution in [1.29, 1.82) is 0 Å². The van der Waals surface area contributed by atoms with E-state index in [9.17, 15) is 9.59 Å². The number of hydrogen-bond donors (Lipinski definition) is 0. The van der Waals surface area contributed by atoms with E-state index in [-0.39, 0.29) is 30.7 Å². The Morgan fingerprint density at radius 3 is 2.24 bits per heavy atom. The van der Waals surface area contributed by atoms with Gasteiger partial charge in [-0.25, -0.2) is 9.59 Å². The van der Waals surface area contributed by atoms with E-state index in [2.05, 4.69) is 39.8 Å². The fourth-order valence-corrected chi connectivity index (χ4v) is 5.45. The third-order valence-electron chi connectivity index (χ3n) is 7.59. The Morgan fingerprint density at radius 2 is 1.59 bits per heavy atom. The normalized spacial score (nSPS) is 19.0. The molecule has 1 aliphatic carbocycles. The number of unbranched alkanes of at least 4 members (excludes halogenated alkanes) is 2. The maximum atomic E-state index is 12.8. The van der Waals surface area contributed by atoms with Gasteiger partial charge in [0, 0.05) is 24.5 Å². The quantitative estimate of drug-likeness (QED) is 0.0817. The molecule has 0 aromatic heterocycles. The Balaban J connectivity index is 1.56. The first kappa shape index (κ1) is 33.0. The summed E-state index contributed by atoms with van der Waals surface area (Å²) in [6, 6.07) is 3.97. The lowest BCUT2D eigenvalue weighted by Gasteiger charge is -2.46. The highest BCUT2D eigenvalue weighted by Crippen LogP contribution is 2.53. The molecule has 0 N–H and O–H groups in total. The number of allylic oxidation sites excluding steroid dienone is 2. The molecule has 0 radical (unpaired) electrons. The van der Waals surface area contributed by atoms with Crippen molar-refractivity contribution >= 4 is 11.9 Å². The molecule has 2 atom stereocenters. The Kier molecular flexibility index (Phi) is 13.6. The van der Waals surface area contributed by atoms with Crippen LogP contribution in [0.5, 0.6) is 11.5 Å². The molecular weight excluding hydrogens is 528 g/mol. The van der Waals surface area contributed by atoms with E-state index in [1.165, 1.54) is 5.57 Å². The first-order valence-corrected chi connectivity index (χ1v) is 14.9. The molecule has 0 saturated carbocycles. The highest BCUT2D eigenvalue weighted by atomic mass is 16.6. The molecule has 1 heterocycles. The molecule has 230 valence electrons. The van der Waals surface area contributed by atoms with Gasteiger partial charge in [-0.05, 0) is 64.2 Å².